The van der Waals surface area contributed by atoms with Gasteiger partial charge in [-0.05, 0) is 43.0 Å². The number of carbonyl (C=O) groups excluding carboxylic acids is 1. The molecule has 1 aromatic carbocycles. The summed E-state index contributed by atoms with van der Waals surface area (Å²) >= 11 is 0. The summed E-state index contributed by atoms with van der Waals surface area (Å²) in [4.78, 5) is 11.2. The zero-order valence-electron chi connectivity index (χ0n) is 22.2. The SMILES string of the molecule is CCCCCCCCCCCCOc1ccc(C=O)cc1CCCCCCCCCCCC. The summed E-state index contributed by atoms with van der Waals surface area (Å²) in [6, 6.07) is 5.93. The molecule has 0 aliphatic rings. The van der Waals surface area contributed by atoms with E-state index in [1.54, 1.807) is 0 Å². The van der Waals surface area contributed by atoms with Gasteiger partial charge in [0.2, 0.25) is 0 Å². The lowest BCUT2D eigenvalue weighted by Crippen LogP contribution is -2.01. The monoisotopic (exact) mass is 458 g/mol. The first kappa shape index (κ1) is 29.7. The average molecular weight is 459 g/mol. The smallest absolute Gasteiger partial charge is 0.150 e. The summed E-state index contributed by atoms with van der Waals surface area (Å²) in [7, 11) is 0. The quantitative estimate of drug-likeness (QED) is 0.114. The Labute approximate surface area is 206 Å². The maximum Gasteiger partial charge on any atom is 0.150 e. The van der Waals surface area contributed by atoms with Gasteiger partial charge in [0.25, 0.3) is 0 Å². The highest BCUT2D eigenvalue weighted by Gasteiger charge is 2.06. The van der Waals surface area contributed by atoms with E-state index in [0.29, 0.717) is 0 Å². The third-order valence-corrected chi connectivity index (χ3v) is 6.78. The number of benzene rings is 1. The van der Waals surface area contributed by atoms with E-state index in [-0.39, 0.29) is 0 Å². The minimum absolute atomic E-state index is 0.767. The molecular weight excluding hydrogens is 404 g/mol. The summed E-state index contributed by atoms with van der Waals surface area (Å²) in [5, 5.41) is 0. The van der Waals surface area contributed by atoms with Crippen LogP contribution in [0.5, 0.6) is 5.75 Å². The molecule has 0 saturated carbocycles. The van der Waals surface area contributed by atoms with Crippen LogP contribution in [0.25, 0.3) is 0 Å². The van der Waals surface area contributed by atoms with Gasteiger partial charge in [0.05, 0.1) is 6.61 Å². The minimum atomic E-state index is 0.767. The van der Waals surface area contributed by atoms with Gasteiger partial charge >= 0.3 is 0 Å². The largest absolute Gasteiger partial charge is 0.493 e. The Morgan fingerprint density at radius 1 is 0.606 bits per heavy atom. The molecule has 0 saturated heterocycles. The lowest BCUT2D eigenvalue weighted by atomic mass is 10.0. The van der Waals surface area contributed by atoms with Gasteiger partial charge in [0.1, 0.15) is 12.0 Å². The van der Waals surface area contributed by atoms with E-state index in [9.17, 15) is 4.79 Å². The van der Waals surface area contributed by atoms with Crippen LogP contribution in [0, 0.1) is 0 Å². The molecule has 0 unspecified atom stereocenters. The lowest BCUT2D eigenvalue weighted by molar-refractivity contribution is 0.112. The molecule has 0 spiro atoms. The normalized spacial score (nSPS) is 11.1. The number of unbranched alkanes of at least 4 members (excludes halogenated alkanes) is 18. The second kappa shape index (κ2) is 22.5. The van der Waals surface area contributed by atoms with Gasteiger partial charge in [-0.2, -0.15) is 0 Å². The van der Waals surface area contributed by atoms with Crippen molar-refractivity contribution in [3.8, 4) is 5.75 Å². The zero-order valence-corrected chi connectivity index (χ0v) is 22.2. The molecule has 190 valence electrons. The van der Waals surface area contributed by atoms with Crippen molar-refractivity contribution >= 4 is 6.29 Å². The minimum Gasteiger partial charge on any atom is -0.493 e. The summed E-state index contributed by atoms with van der Waals surface area (Å²) in [6.07, 6.45) is 28.9. The second-order valence-corrected chi connectivity index (χ2v) is 9.95. The molecule has 2 heteroatoms. The van der Waals surface area contributed by atoms with E-state index in [1.165, 1.54) is 128 Å². The van der Waals surface area contributed by atoms with Crippen molar-refractivity contribution in [1.29, 1.82) is 0 Å². The van der Waals surface area contributed by atoms with Crippen molar-refractivity contribution in [2.75, 3.05) is 6.61 Å². The van der Waals surface area contributed by atoms with E-state index < -0.39 is 0 Å². The third-order valence-electron chi connectivity index (χ3n) is 6.78. The highest BCUT2D eigenvalue weighted by atomic mass is 16.5. The van der Waals surface area contributed by atoms with Crippen molar-refractivity contribution in [2.45, 2.75) is 149 Å². The van der Waals surface area contributed by atoms with E-state index in [2.05, 4.69) is 13.8 Å². The summed E-state index contributed by atoms with van der Waals surface area (Å²) in [5.74, 6) is 0.993. The molecule has 2 nitrogen and oxygen atoms in total. The summed E-state index contributed by atoms with van der Waals surface area (Å²) < 4.78 is 6.14. The second-order valence-electron chi connectivity index (χ2n) is 9.95. The van der Waals surface area contributed by atoms with Gasteiger partial charge in [-0.3, -0.25) is 4.79 Å². The van der Waals surface area contributed by atoms with Crippen LogP contribution in [0.2, 0.25) is 0 Å². The Hall–Kier alpha value is -1.31. The summed E-state index contributed by atoms with van der Waals surface area (Å²) in [6.45, 7) is 5.35. The lowest BCUT2D eigenvalue weighted by Gasteiger charge is -2.12. The number of hydrogen-bond acceptors (Lipinski definition) is 2. The molecule has 1 rings (SSSR count). The fraction of sp³-hybridized carbons (Fsp3) is 0.774. The molecule has 0 atom stereocenters. The van der Waals surface area contributed by atoms with Crippen LogP contribution < -0.4 is 4.74 Å². The molecule has 0 N–H and O–H groups in total. The van der Waals surface area contributed by atoms with Crippen molar-refractivity contribution in [2.24, 2.45) is 0 Å². The number of aldehydes is 1. The topological polar surface area (TPSA) is 26.3 Å². The molecule has 0 aliphatic carbocycles. The average Bonchev–Trinajstić information content (AvgIpc) is 2.84. The van der Waals surface area contributed by atoms with E-state index in [0.717, 1.165) is 37.0 Å². The number of aryl methyl sites for hydroxylation is 1. The fourth-order valence-corrected chi connectivity index (χ4v) is 4.58. The maximum absolute atomic E-state index is 11.2. The highest BCUT2D eigenvalue weighted by Crippen LogP contribution is 2.23. The fourth-order valence-electron chi connectivity index (χ4n) is 4.58. The molecule has 0 aromatic heterocycles. The van der Waals surface area contributed by atoms with Crippen LogP contribution >= 0.6 is 0 Å². The van der Waals surface area contributed by atoms with Gasteiger partial charge in [0.15, 0.2) is 0 Å². The Balaban J connectivity index is 2.16. The van der Waals surface area contributed by atoms with Gasteiger partial charge in [-0.15, -0.1) is 0 Å². The van der Waals surface area contributed by atoms with E-state index >= 15 is 0 Å². The first-order valence-electron chi connectivity index (χ1n) is 14.5. The van der Waals surface area contributed by atoms with E-state index in [1.807, 2.05) is 18.2 Å². The molecule has 33 heavy (non-hydrogen) atoms. The van der Waals surface area contributed by atoms with Crippen LogP contribution in [-0.2, 0) is 6.42 Å². The standard InChI is InChI=1S/C31H54O2/c1-3-5-7-9-11-13-15-17-19-21-23-30-27-29(28-32)24-25-31(30)33-26-22-20-18-16-14-12-10-8-6-4-2/h24-25,27-28H,3-23,26H2,1-2H3. The zero-order chi connectivity index (χ0) is 23.8. The third kappa shape index (κ3) is 16.9. The molecular formula is C31H54O2. The van der Waals surface area contributed by atoms with E-state index in [4.69, 9.17) is 4.74 Å². The first-order valence-corrected chi connectivity index (χ1v) is 14.5. The number of rotatable bonds is 24. The Morgan fingerprint density at radius 2 is 1.06 bits per heavy atom. The highest BCUT2D eigenvalue weighted by molar-refractivity contribution is 5.75. The van der Waals surface area contributed by atoms with Gasteiger partial charge in [-0.1, -0.05) is 129 Å². The van der Waals surface area contributed by atoms with Crippen LogP contribution in [0.15, 0.2) is 18.2 Å². The van der Waals surface area contributed by atoms with Crippen LogP contribution in [0.3, 0.4) is 0 Å². The Bertz CT molecular complexity index is 566. The van der Waals surface area contributed by atoms with Crippen molar-refractivity contribution in [3.05, 3.63) is 29.3 Å². The van der Waals surface area contributed by atoms with Crippen molar-refractivity contribution in [3.63, 3.8) is 0 Å². The van der Waals surface area contributed by atoms with Crippen molar-refractivity contribution in [1.82, 2.24) is 0 Å². The molecule has 0 amide bonds. The maximum atomic E-state index is 11.2. The van der Waals surface area contributed by atoms with Crippen LogP contribution in [0.4, 0.5) is 0 Å². The predicted molar refractivity (Wildman–Crippen MR) is 145 cm³/mol. The predicted octanol–water partition coefficient (Wildman–Crippen LogP) is 10.3. The van der Waals surface area contributed by atoms with Crippen LogP contribution in [0.1, 0.15) is 158 Å². The first-order chi connectivity index (χ1) is 16.3. The molecule has 0 bridgehead atoms. The number of hydrogen-bond donors (Lipinski definition) is 0. The molecule has 0 heterocycles. The van der Waals surface area contributed by atoms with Gasteiger partial charge < -0.3 is 4.74 Å². The molecule has 0 radical (unpaired) electrons. The molecule has 1 aromatic rings. The summed E-state index contributed by atoms with van der Waals surface area (Å²) in [5.41, 5.74) is 1.98. The van der Waals surface area contributed by atoms with Crippen molar-refractivity contribution < 1.29 is 9.53 Å². The molecule has 0 aliphatic heterocycles. The van der Waals surface area contributed by atoms with Crippen LogP contribution in [-0.4, -0.2) is 12.9 Å². The number of carbonyl (C=O) groups is 1. The number of ether oxygens (including phenoxy) is 1. The Kier molecular flexibility index (Phi) is 20.2. The van der Waals surface area contributed by atoms with Gasteiger partial charge in [-0.25, -0.2) is 0 Å². The Morgan fingerprint density at radius 3 is 1.55 bits per heavy atom. The molecule has 0 fully saturated rings. The van der Waals surface area contributed by atoms with Gasteiger partial charge in [0, 0.05) is 5.56 Å².